The zero-order valence-electron chi connectivity index (χ0n) is 6.82. The standard InChI is InChI=1S/C10H4BrClFI/c11-7-5-3-1-2-4-6(5)8(12)9(13)10(7)14/h1-4H. The van der Waals surface area contributed by atoms with E-state index in [9.17, 15) is 4.39 Å². The van der Waals surface area contributed by atoms with Gasteiger partial charge in [0.05, 0.1) is 8.59 Å². The smallest absolute Gasteiger partial charge is 0.156 e. The molecule has 2 rings (SSSR count). The van der Waals surface area contributed by atoms with Gasteiger partial charge in [-0.3, -0.25) is 0 Å². The van der Waals surface area contributed by atoms with Gasteiger partial charge in [0.25, 0.3) is 0 Å². The summed E-state index contributed by atoms with van der Waals surface area (Å²) in [4.78, 5) is 0. The van der Waals surface area contributed by atoms with E-state index in [1.54, 1.807) is 0 Å². The van der Waals surface area contributed by atoms with Crippen LogP contribution in [-0.4, -0.2) is 0 Å². The molecule has 2 aromatic rings. The third-order valence-corrected chi connectivity index (χ3v) is 4.93. The predicted molar refractivity (Wildman–Crippen MR) is 69.3 cm³/mol. The maximum Gasteiger partial charge on any atom is 0.156 e. The maximum atomic E-state index is 13.6. The first-order valence-electron chi connectivity index (χ1n) is 3.83. The summed E-state index contributed by atoms with van der Waals surface area (Å²) in [5.74, 6) is -0.363. The highest BCUT2D eigenvalue weighted by molar-refractivity contribution is 14.1. The summed E-state index contributed by atoms with van der Waals surface area (Å²) < 4.78 is 14.8. The average Bonchev–Trinajstić information content (AvgIpc) is 2.23. The van der Waals surface area contributed by atoms with Crippen molar-refractivity contribution in [3.05, 3.63) is 43.1 Å². The maximum absolute atomic E-state index is 13.6. The molecule has 0 saturated carbocycles. The third kappa shape index (κ3) is 1.55. The molecule has 2 aromatic carbocycles. The molecule has 0 saturated heterocycles. The summed E-state index contributed by atoms with van der Waals surface area (Å²) in [6.45, 7) is 0. The number of halogens is 4. The zero-order chi connectivity index (χ0) is 10.3. The molecule has 0 aliphatic heterocycles. The lowest BCUT2D eigenvalue weighted by atomic mass is 10.1. The van der Waals surface area contributed by atoms with Crippen LogP contribution in [0, 0.1) is 9.39 Å². The minimum absolute atomic E-state index is 0.188. The van der Waals surface area contributed by atoms with Crippen LogP contribution in [0.3, 0.4) is 0 Å². The normalized spacial score (nSPS) is 10.9. The van der Waals surface area contributed by atoms with Gasteiger partial charge in [0.15, 0.2) is 5.82 Å². The molecule has 0 N–H and O–H groups in total. The van der Waals surface area contributed by atoms with Crippen molar-refractivity contribution in [2.75, 3.05) is 0 Å². The molecule has 4 heteroatoms. The van der Waals surface area contributed by atoms with Crippen LogP contribution in [0.25, 0.3) is 10.8 Å². The Kier molecular flexibility index (Phi) is 3.00. The monoisotopic (exact) mass is 384 g/mol. The molecular formula is C10H4BrClFI. The van der Waals surface area contributed by atoms with E-state index in [-0.39, 0.29) is 10.8 Å². The molecule has 0 atom stereocenters. The van der Waals surface area contributed by atoms with E-state index in [1.165, 1.54) is 0 Å². The quantitative estimate of drug-likeness (QED) is 0.340. The number of hydrogen-bond donors (Lipinski definition) is 0. The largest absolute Gasteiger partial charge is 0.204 e. The summed E-state index contributed by atoms with van der Waals surface area (Å²) in [7, 11) is 0. The zero-order valence-corrected chi connectivity index (χ0v) is 11.3. The molecular weight excluding hydrogens is 381 g/mol. The van der Waals surface area contributed by atoms with Crippen molar-refractivity contribution >= 4 is 60.9 Å². The summed E-state index contributed by atoms with van der Waals surface area (Å²) in [5.41, 5.74) is 0. The first-order valence-corrected chi connectivity index (χ1v) is 6.08. The fraction of sp³-hybridized carbons (Fsp3) is 0. The Labute approximate surface area is 108 Å². The molecule has 72 valence electrons. The van der Waals surface area contributed by atoms with E-state index < -0.39 is 0 Å². The Hall–Kier alpha value is 0.130. The molecule has 0 radical (unpaired) electrons. The third-order valence-electron chi connectivity index (χ3n) is 1.98. The van der Waals surface area contributed by atoms with E-state index >= 15 is 0 Å². The van der Waals surface area contributed by atoms with Crippen molar-refractivity contribution in [1.82, 2.24) is 0 Å². The van der Waals surface area contributed by atoms with Gasteiger partial charge >= 0.3 is 0 Å². The van der Waals surface area contributed by atoms with Crippen molar-refractivity contribution in [2.24, 2.45) is 0 Å². The summed E-state index contributed by atoms with van der Waals surface area (Å²) in [6, 6.07) is 7.46. The van der Waals surface area contributed by atoms with E-state index in [0.29, 0.717) is 3.57 Å². The molecule has 0 aliphatic carbocycles. The molecule has 0 spiro atoms. The Bertz CT molecular complexity index is 466. The number of rotatable bonds is 0. The van der Waals surface area contributed by atoms with Gasteiger partial charge in [-0.2, -0.15) is 0 Å². The fourth-order valence-corrected chi connectivity index (χ4v) is 2.79. The molecule has 0 bridgehead atoms. The average molecular weight is 385 g/mol. The minimum Gasteiger partial charge on any atom is -0.204 e. The lowest BCUT2D eigenvalue weighted by Crippen LogP contribution is -1.88. The Morgan fingerprint density at radius 1 is 1.21 bits per heavy atom. The van der Waals surface area contributed by atoms with Crippen molar-refractivity contribution in [3.63, 3.8) is 0 Å². The molecule has 0 fully saturated rings. The summed E-state index contributed by atoms with van der Waals surface area (Å²) in [5, 5.41) is 1.86. The number of fused-ring (bicyclic) bond motifs is 1. The van der Waals surface area contributed by atoms with Gasteiger partial charge in [-0.05, 0) is 43.9 Å². The van der Waals surface area contributed by atoms with Crippen LogP contribution < -0.4 is 0 Å². The van der Waals surface area contributed by atoms with Crippen molar-refractivity contribution in [1.29, 1.82) is 0 Å². The molecule has 0 aliphatic rings. The molecule has 0 unspecified atom stereocenters. The topological polar surface area (TPSA) is 0 Å². The van der Waals surface area contributed by atoms with Gasteiger partial charge in [0.2, 0.25) is 0 Å². The van der Waals surface area contributed by atoms with Gasteiger partial charge < -0.3 is 0 Å². The van der Waals surface area contributed by atoms with Crippen LogP contribution in [0.15, 0.2) is 28.7 Å². The number of benzene rings is 2. The minimum atomic E-state index is -0.363. The molecule has 14 heavy (non-hydrogen) atoms. The number of hydrogen-bond acceptors (Lipinski definition) is 0. The van der Waals surface area contributed by atoms with Crippen LogP contribution in [0.2, 0.25) is 5.02 Å². The first-order chi connectivity index (χ1) is 6.63. The SMILES string of the molecule is Fc1c(I)c(Br)c2ccccc2c1Cl. The van der Waals surface area contributed by atoms with E-state index in [1.807, 2.05) is 46.9 Å². The van der Waals surface area contributed by atoms with E-state index in [4.69, 9.17) is 11.6 Å². The summed E-state index contributed by atoms with van der Waals surface area (Å²) in [6.07, 6.45) is 0. The van der Waals surface area contributed by atoms with Crippen LogP contribution in [0.4, 0.5) is 4.39 Å². The highest BCUT2D eigenvalue weighted by atomic mass is 127. The highest BCUT2D eigenvalue weighted by Gasteiger charge is 2.14. The van der Waals surface area contributed by atoms with Gasteiger partial charge in [0.1, 0.15) is 0 Å². The predicted octanol–water partition coefficient (Wildman–Crippen LogP) is 5.00. The van der Waals surface area contributed by atoms with Gasteiger partial charge in [-0.15, -0.1) is 0 Å². The first kappa shape index (κ1) is 10.6. The lowest BCUT2D eigenvalue weighted by Gasteiger charge is -2.07. The molecule has 0 heterocycles. The second-order valence-corrected chi connectivity index (χ2v) is 5.05. The van der Waals surface area contributed by atoms with E-state index in [2.05, 4.69) is 15.9 Å². The Balaban J connectivity index is 3.02. The second-order valence-electron chi connectivity index (χ2n) is 2.80. The van der Waals surface area contributed by atoms with E-state index in [0.717, 1.165) is 15.2 Å². The fourth-order valence-electron chi connectivity index (χ4n) is 1.30. The van der Waals surface area contributed by atoms with Crippen LogP contribution in [-0.2, 0) is 0 Å². The molecule has 0 amide bonds. The van der Waals surface area contributed by atoms with Crippen molar-refractivity contribution in [3.8, 4) is 0 Å². The van der Waals surface area contributed by atoms with Crippen molar-refractivity contribution in [2.45, 2.75) is 0 Å². The lowest BCUT2D eigenvalue weighted by molar-refractivity contribution is 0.622. The Morgan fingerprint density at radius 3 is 2.43 bits per heavy atom. The van der Waals surface area contributed by atoms with Crippen LogP contribution >= 0.6 is 50.1 Å². The Morgan fingerprint density at radius 2 is 1.79 bits per heavy atom. The van der Waals surface area contributed by atoms with Gasteiger partial charge in [-0.1, -0.05) is 35.9 Å². The highest BCUT2D eigenvalue weighted by Crippen LogP contribution is 2.36. The van der Waals surface area contributed by atoms with Crippen LogP contribution in [0.1, 0.15) is 0 Å². The molecule has 0 aromatic heterocycles. The van der Waals surface area contributed by atoms with Gasteiger partial charge in [-0.25, -0.2) is 4.39 Å². The van der Waals surface area contributed by atoms with Crippen molar-refractivity contribution < 1.29 is 4.39 Å². The summed E-state index contributed by atoms with van der Waals surface area (Å²) >= 11 is 11.2. The molecule has 0 nitrogen and oxygen atoms in total. The second kappa shape index (κ2) is 3.94. The van der Waals surface area contributed by atoms with Gasteiger partial charge in [0, 0.05) is 9.86 Å². The van der Waals surface area contributed by atoms with Crippen LogP contribution in [0.5, 0.6) is 0 Å².